The summed E-state index contributed by atoms with van der Waals surface area (Å²) in [5.74, 6) is 0.265. The van der Waals surface area contributed by atoms with Gasteiger partial charge < -0.3 is 38.1 Å². The lowest BCUT2D eigenvalue weighted by Gasteiger charge is -2.30. The van der Waals surface area contributed by atoms with Crippen molar-refractivity contribution in [1.29, 1.82) is 0 Å². The topological polar surface area (TPSA) is 109 Å². The molecular weight excluding hydrogens is 518 g/mol. The Morgan fingerprint density at radius 2 is 1.57 bits per heavy atom. The minimum Gasteiger partial charge on any atom is -0.494 e. The number of aromatic nitrogens is 1. The van der Waals surface area contributed by atoms with Gasteiger partial charge in [-0.25, -0.2) is 4.79 Å². The van der Waals surface area contributed by atoms with E-state index in [0.717, 1.165) is 5.39 Å². The number of methoxy groups -OCH3 is 5. The number of Topliss-reactive ketones (excluding diaryl/α,β-unsaturated/α-hetero) is 1. The number of carbonyl (C=O) groups is 3. The minimum atomic E-state index is -1.58. The van der Waals surface area contributed by atoms with Crippen molar-refractivity contribution in [2.75, 3.05) is 58.9 Å². The van der Waals surface area contributed by atoms with Crippen LogP contribution in [0, 0.1) is 0 Å². The van der Waals surface area contributed by atoms with Crippen molar-refractivity contribution in [3.63, 3.8) is 0 Å². The van der Waals surface area contributed by atoms with E-state index in [1.54, 1.807) is 52.7 Å². The largest absolute Gasteiger partial charge is 0.494 e. The van der Waals surface area contributed by atoms with Crippen molar-refractivity contribution in [2.45, 2.75) is 12.5 Å². The fourth-order valence-electron chi connectivity index (χ4n) is 5.70. The molecule has 11 nitrogen and oxygen atoms in total. The lowest BCUT2D eigenvalue weighted by molar-refractivity contribution is -0.144. The number of fused-ring (bicyclic) bond motifs is 4. The number of anilines is 2. The highest BCUT2D eigenvalue weighted by Gasteiger charge is 2.55. The predicted molar refractivity (Wildman–Crippen MR) is 149 cm³/mol. The second kappa shape index (κ2) is 9.51. The van der Waals surface area contributed by atoms with Gasteiger partial charge in [0, 0.05) is 37.7 Å². The lowest BCUT2D eigenvalue weighted by atomic mass is 9.90. The van der Waals surface area contributed by atoms with Gasteiger partial charge in [0.15, 0.2) is 17.0 Å². The fraction of sp³-hybridized carbons (Fsp3) is 0.345. The van der Waals surface area contributed by atoms with Gasteiger partial charge in [0.1, 0.15) is 11.4 Å². The molecule has 0 spiro atoms. The van der Waals surface area contributed by atoms with Crippen molar-refractivity contribution in [1.82, 2.24) is 4.57 Å². The van der Waals surface area contributed by atoms with Crippen LogP contribution in [0.15, 0.2) is 24.3 Å². The van der Waals surface area contributed by atoms with Crippen LogP contribution in [0.3, 0.4) is 0 Å². The molecule has 2 aliphatic heterocycles. The summed E-state index contributed by atoms with van der Waals surface area (Å²) in [6.45, 7) is 1.78. The quantitative estimate of drug-likeness (QED) is 0.337. The summed E-state index contributed by atoms with van der Waals surface area (Å²) >= 11 is 0. The number of benzene rings is 2. The first-order chi connectivity index (χ1) is 19.1. The molecule has 0 bridgehead atoms. The molecule has 2 aliphatic rings. The van der Waals surface area contributed by atoms with Crippen LogP contribution in [-0.2, 0) is 16.6 Å². The fourth-order valence-corrected chi connectivity index (χ4v) is 5.70. The summed E-state index contributed by atoms with van der Waals surface area (Å²) < 4.78 is 29.1. The van der Waals surface area contributed by atoms with Gasteiger partial charge in [0.2, 0.25) is 11.5 Å². The second-order valence-electron chi connectivity index (χ2n) is 9.68. The number of ketones is 1. The Hall–Kier alpha value is -4.67. The number of amides is 1. The van der Waals surface area contributed by atoms with Gasteiger partial charge in [-0.15, -0.1) is 0 Å². The Labute approximate surface area is 231 Å². The normalized spacial score (nSPS) is 17.6. The molecule has 3 heterocycles. The molecule has 210 valence electrons. The zero-order valence-corrected chi connectivity index (χ0v) is 23.7. The summed E-state index contributed by atoms with van der Waals surface area (Å²) in [6.07, 6.45) is 3.61. The number of likely N-dealkylation sites (N-methyl/N-ethyl adjacent to an activating group) is 1. The molecule has 1 amide bonds. The Morgan fingerprint density at radius 3 is 2.17 bits per heavy atom. The number of hydrogen-bond acceptors (Lipinski definition) is 9. The van der Waals surface area contributed by atoms with Crippen molar-refractivity contribution in [2.24, 2.45) is 7.05 Å². The van der Waals surface area contributed by atoms with Crippen LogP contribution in [0.4, 0.5) is 11.4 Å². The summed E-state index contributed by atoms with van der Waals surface area (Å²) in [4.78, 5) is 43.9. The molecule has 0 N–H and O–H groups in total. The standard InChI is InChI=1S/C29H31N3O8/c1-29(28(35)40-8)26(33)21-16-10-9-11-32(17(16)14-19(36-4)23(21)31(29)3)27(34)18-12-15-13-20(37-5)24(38-6)25(39-7)22(15)30(18)2/h9-10,12-14H,11H2,1-8H3. The minimum absolute atomic E-state index is 0.261. The monoisotopic (exact) mass is 549 g/mol. The van der Waals surface area contributed by atoms with E-state index in [0.29, 0.717) is 56.7 Å². The number of esters is 1. The third kappa shape index (κ3) is 3.39. The van der Waals surface area contributed by atoms with Crippen LogP contribution in [0.1, 0.15) is 33.3 Å². The number of ether oxygens (including phenoxy) is 5. The molecule has 0 radical (unpaired) electrons. The average molecular weight is 550 g/mol. The van der Waals surface area contributed by atoms with Crippen molar-refractivity contribution in [3.05, 3.63) is 41.1 Å². The molecule has 0 saturated carbocycles. The highest BCUT2D eigenvalue weighted by molar-refractivity contribution is 6.28. The van der Waals surface area contributed by atoms with Gasteiger partial charge in [-0.2, -0.15) is 0 Å². The molecule has 1 atom stereocenters. The molecule has 3 aromatic rings. The van der Waals surface area contributed by atoms with Crippen LogP contribution >= 0.6 is 0 Å². The SMILES string of the molecule is COC(=O)C1(C)C(=O)c2c3c(cc(OC)c2N1C)N(C(=O)c1cc2cc(OC)c(OC)c(OC)c2n1C)CC=C3. The molecule has 40 heavy (non-hydrogen) atoms. The number of hydrogen-bond donors (Lipinski definition) is 0. The molecule has 1 aromatic heterocycles. The van der Waals surface area contributed by atoms with Gasteiger partial charge in [0.05, 0.1) is 58.0 Å². The Morgan fingerprint density at radius 1 is 0.900 bits per heavy atom. The van der Waals surface area contributed by atoms with Crippen LogP contribution < -0.4 is 28.7 Å². The average Bonchev–Trinajstić information content (AvgIpc) is 3.41. The van der Waals surface area contributed by atoms with Gasteiger partial charge in [-0.1, -0.05) is 12.2 Å². The summed E-state index contributed by atoms with van der Waals surface area (Å²) in [5, 5.41) is 0.727. The smallest absolute Gasteiger partial charge is 0.339 e. The first-order valence-corrected chi connectivity index (χ1v) is 12.5. The summed E-state index contributed by atoms with van der Waals surface area (Å²) in [6, 6.07) is 5.27. The molecule has 0 saturated heterocycles. The molecule has 1 unspecified atom stereocenters. The van der Waals surface area contributed by atoms with E-state index < -0.39 is 17.3 Å². The zero-order chi connectivity index (χ0) is 29.1. The summed E-state index contributed by atoms with van der Waals surface area (Å²) in [5.41, 5.74) is 1.24. The summed E-state index contributed by atoms with van der Waals surface area (Å²) in [7, 11) is 10.7. The lowest BCUT2D eigenvalue weighted by Crippen LogP contribution is -2.53. The Balaban J connectivity index is 1.68. The van der Waals surface area contributed by atoms with Crippen LogP contribution in [0.25, 0.3) is 17.0 Å². The molecular formula is C29H31N3O8. The van der Waals surface area contributed by atoms with Crippen LogP contribution in [0.2, 0.25) is 0 Å². The van der Waals surface area contributed by atoms with Gasteiger partial charge in [-0.3, -0.25) is 9.59 Å². The van der Waals surface area contributed by atoms with E-state index in [4.69, 9.17) is 23.7 Å². The number of carbonyl (C=O) groups excluding carboxylic acids is 3. The highest BCUT2D eigenvalue weighted by atomic mass is 16.5. The van der Waals surface area contributed by atoms with Gasteiger partial charge in [0.25, 0.3) is 5.91 Å². The molecule has 11 heteroatoms. The van der Waals surface area contributed by atoms with Gasteiger partial charge >= 0.3 is 5.97 Å². The van der Waals surface area contributed by atoms with Crippen molar-refractivity contribution in [3.8, 4) is 23.0 Å². The van der Waals surface area contributed by atoms with E-state index in [1.165, 1.54) is 42.5 Å². The van der Waals surface area contributed by atoms with E-state index in [1.807, 2.05) is 6.08 Å². The number of rotatable bonds is 6. The number of nitrogens with zero attached hydrogens (tertiary/aromatic N) is 3. The molecule has 0 fully saturated rings. The maximum absolute atomic E-state index is 14.1. The molecule has 0 aliphatic carbocycles. The third-order valence-corrected chi connectivity index (χ3v) is 7.91. The van der Waals surface area contributed by atoms with Crippen LogP contribution in [-0.4, -0.2) is 76.9 Å². The maximum Gasteiger partial charge on any atom is 0.339 e. The van der Waals surface area contributed by atoms with Crippen LogP contribution in [0.5, 0.6) is 23.0 Å². The maximum atomic E-state index is 14.1. The molecule has 2 aromatic carbocycles. The highest BCUT2D eigenvalue weighted by Crippen LogP contribution is 2.50. The van der Waals surface area contributed by atoms with E-state index >= 15 is 0 Å². The Kier molecular flexibility index (Phi) is 6.40. The zero-order valence-electron chi connectivity index (χ0n) is 23.7. The Bertz CT molecular complexity index is 1620. The predicted octanol–water partition coefficient (Wildman–Crippen LogP) is 3.45. The van der Waals surface area contributed by atoms with Crippen molar-refractivity contribution < 1.29 is 38.1 Å². The number of aryl methyl sites for hydroxylation is 1. The third-order valence-electron chi connectivity index (χ3n) is 7.91. The molecule has 5 rings (SSSR count). The second-order valence-corrected chi connectivity index (χ2v) is 9.68. The van der Waals surface area contributed by atoms with Gasteiger partial charge in [-0.05, 0) is 19.1 Å². The first-order valence-electron chi connectivity index (χ1n) is 12.5. The first kappa shape index (κ1) is 26.9. The van der Waals surface area contributed by atoms with E-state index in [-0.39, 0.29) is 12.5 Å². The van der Waals surface area contributed by atoms with E-state index in [9.17, 15) is 14.4 Å². The van der Waals surface area contributed by atoms with Crippen molar-refractivity contribution >= 4 is 46.0 Å². The van der Waals surface area contributed by atoms with E-state index in [2.05, 4.69) is 0 Å².